The molecule has 0 fully saturated rings. The maximum absolute atomic E-state index is 13.0. The number of carboxylic acid groups (broad SMARTS) is 1. The molecule has 1 aromatic rings. The van der Waals surface area contributed by atoms with Crippen LogP contribution in [0.15, 0.2) is 12.5 Å². The van der Waals surface area contributed by atoms with Crippen molar-refractivity contribution < 1.29 is 29.4 Å². The Balaban J connectivity index is 3.03. The monoisotopic (exact) mass is 472 g/mol. The fourth-order valence-electron chi connectivity index (χ4n) is 2.75. The molecule has 32 heavy (non-hydrogen) atoms. The number of aromatic amines is 1. The minimum atomic E-state index is -1.27. The number of amides is 3. The number of H-pyrrole nitrogens is 1. The number of carbonyl (C=O) groups excluding carboxylic acids is 3. The summed E-state index contributed by atoms with van der Waals surface area (Å²) in [5.41, 5.74) is 6.18. The summed E-state index contributed by atoms with van der Waals surface area (Å²) in [7, 11) is 0. The number of carboxylic acids is 1. The molecule has 5 atom stereocenters. The molecule has 0 saturated heterocycles. The van der Waals surface area contributed by atoms with Gasteiger partial charge in [-0.25, -0.2) is 9.78 Å². The van der Waals surface area contributed by atoms with Crippen LogP contribution in [0.5, 0.6) is 0 Å². The Bertz CT molecular complexity index is 772. The number of hydrogen-bond acceptors (Lipinski definition) is 8. The summed E-state index contributed by atoms with van der Waals surface area (Å²) in [5.74, 6) is -3.50. The number of aromatic nitrogens is 2. The van der Waals surface area contributed by atoms with Crippen LogP contribution in [0.2, 0.25) is 0 Å². The lowest BCUT2D eigenvalue weighted by Crippen LogP contribution is -2.58. The smallest absolute Gasteiger partial charge is 0.327 e. The highest BCUT2D eigenvalue weighted by atomic mass is 32.1. The van der Waals surface area contributed by atoms with Gasteiger partial charge in [-0.05, 0) is 19.3 Å². The van der Waals surface area contributed by atoms with Crippen LogP contribution in [-0.2, 0) is 25.6 Å². The van der Waals surface area contributed by atoms with Crippen LogP contribution in [0, 0.1) is 5.92 Å². The molecule has 0 saturated carbocycles. The molecule has 0 aliphatic carbocycles. The topological polar surface area (TPSA) is 200 Å². The summed E-state index contributed by atoms with van der Waals surface area (Å²) in [6.45, 7) is 5.05. The molecular formula is C19H32N6O6S. The van der Waals surface area contributed by atoms with Crippen LogP contribution >= 0.6 is 12.6 Å². The van der Waals surface area contributed by atoms with E-state index in [0.29, 0.717) is 5.69 Å². The normalized spacial score (nSPS) is 15.8. The molecule has 12 nitrogen and oxygen atoms in total. The Morgan fingerprint density at radius 3 is 2.09 bits per heavy atom. The number of thiol groups is 1. The number of nitrogens with zero attached hydrogens (tertiary/aromatic N) is 1. The largest absolute Gasteiger partial charge is 0.480 e. The molecule has 180 valence electrons. The zero-order valence-corrected chi connectivity index (χ0v) is 19.1. The molecule has 0 aliphatic heterocycles. The summed E-state index contributed by atoms with van der Waals surface area (Å²) in [6.07, 6.45) is 2.00. The van der Waals surface area contributed by atoms with E-state index in [1.54, 1.807) is 0 Å². The number of aliphatic carboxylic acids is 1. The van der Waals surface area contributed by atoms with Crippen LogP contribution in [-0.4, -0.2) is 79.9 Å². The van der Waals surface area contributed by atoms with Crippen LogP contribution in [0.4, 0.5) is 0 Å². The summed E-state index contributed by atoms with van der Waals surface area (Å²) in [5, 5.41) is 26.1. The molecule has 3 amide bonds. The van der Waals surface area contributed by atoms with E-state index >= 15 is 0 Å². The van der Waals surface area contributed by atoms with Crippen LogP contribution in [0.3, 0.4) is 0 Å². The molecule has 1 heterocycles. The standard InChI is InChI=1S/C19H32N6O6S/c1-9(2)4-12(24-18(29)15(20)10(3)26)16(27)23-13(5-11-6-21-8-22-11)17(28)25-14(7-32)19(30)31/h6,8-10,12-15,26,32H,4-5,7,20H2,1-3H3,(H,21,22)(H,23,27)(H,24,29)(H,25,28)(H,30,31). The van der Waals surface area contributed by atoms with Gasteiger partial charge in [-0.3, -0.25) is 14.4 Å². The Kier molecular flexibility index (Phi) is 11.2. The predicted molar refractivity (Wildman–Crippen MR) is 119 cm³/mol. The van der Waals surface area contributed by atoms with Gasteiger partial charge in [0.1, 0.15) is 24.2 Å². The van der Waals surface area contributed by atoms with Crippen molar-refractivity contribution in [2.45, 2.75) is 63.9 Å². The number of aliphatic hydroxyl groups excluding tert-OH is 1. The second-order valence-corrected chi connectivity index (χ2v) is 8.25. The lowest BCUT2D eigenvalue weighted by molar-refractivity contribution is -0.141. The van der Waals surface area contributed by atoms with Crippen molar-refractivity contribution in [3.05, 3.63) is 18.2 Å². The van der Waals surface area contributed by atoms with Crippen molar-refractivity contribution in [1.29, 1.82) is 0 Å². The van der Waals surface area contributed by atoms with Crippen LogP contribution < -0.4 is 21.7 Å². The fraction of sp³-hybridized carbons (Fsp3) is 0.632. The van der Waals surface area contributed by atoms with E-state index in [-0.39, 0.29) is 24.5 Å². The van der Waals surface area contributed by atoms with Gasteiger partial charge in [-0.2, -0.15) is 12.6 Å². The first kappa shape index (κ1) is 27.4. The first-order valence-electron chi connectivity index (χ1n) is 10.1. The Labute approximate surface area is 191 Å². The maximum atomic E-state index is 13.0. The summed E-state index contributed by atoms with van der Waals surface area (Å²) in [4.78, 5) is 55.9. The number of imidazole rings is 1. The number of hydrogen-bond donors (Lipinski definition) is 8. The Morgan fingerprint density at radius 2 is 1.62 bits per heavy atom. The van der Waals surface area contributed by atoms with E-state index in [1.165, 1.54) is 19.4 Å². The molecule has 13 heteroatoms. The van der Waals surface area contributed by atoms with Crippen molar-refractivity contribution >= 4 is 36.3 Å². The third-order valence-corrected chi connectivity index (χ3v) is 4.94. The van der Waals surface area contributed by atoms with Gasteiger partial charge >= 0.3 is 5.97 Å². The first-order valence-corrected chi connectivity index (χ1v) is 10.7. The molecule has 8 N–H and O–H groups in total. The highest BCUT2D eigenvalue weighted by molar-refractivity contribution is 7.80. The van der Waals surface area contributed by atoms with Crippen LogP contribution in [0.25, 0.3) is 0 Å². The second kappa shape index (κ2) is 13.0. The maximum Gasteiger partial charge on any atom is 0.327 e. The summed E-state index contributed by atoms with van der Waals surface area (Å²) < 4.78 is 0. The average Bonchev–Trinajstić information content (AvgIpc) is 3.22. The van der Waals surface area contributed by atoms with E-state index in [4.69, 9.17) is 5.73 Å². The second-order valence-electron chi connectivity index (χ2n) is 7.88. The lowest BCUT2D eigenvalue weighted by atomic mass is 10.0. The van der Waals surface area contributed by atoms with E-state index in [1.807, 2.05) is 13.8 Å². The molecule has 0 spiro atoms. The molecule has 0 bridgehead atoms. The fourth-order valence-corrected chi connectivity index (χ4v) is 2.99. The third-order valence-electron chi connectivity index (χ3n) is 4.57. The molecule has 5 unspecified atom stereocenters. The van der Waals surface area contributed by atoms with Gasteiger partial charge < -0.3 is 36.9 Å². The van der Waals surface area contributed by atoms with Gasteiger partial charge in [0.05, 0.1) is 12.4 Å². The number of aliphatic hydroxyl groups is 1. The van der Waals surface area contributed by atoms with Crippen molar-refractivity contribution in [2.75, 3.05) is 5.75 Å². The van der Waals surface area contributed by atoms with Crippen molar-refractivity contribution in [3.8, 4) is 0 Å². The molecule has 1 rings (SSSR count). The highest BCUT2D eigenvalue weighted by Crippen LogP contribution is 2.08. The zero-order valence-electron chi connectivity index (χ0n) is 18.2. The van der Waals surface area contributed by atoms with Gasteiger partial charge in [0, 0.05) is 24.1 Å². The van der Waals surface area contributed by atoms with Crippen molar-refractivity contribution in [2.24, 2.45) is 11.7 Å². The zero-order chi connectivity index (χ0) is 24.4. The third kappa shape index (κ3) is 8.85. The highest BCUT2D eigenvalue weighted by Gasteiger charge is 2.31. The molecule has 1 aromatic heterocycles. The van der Waals surface area contributed by atoms with Crippen molar-refractivity contribution in [3.63, 3.8) is 0 Å². The van der Waals surface area contributed by atoms with E-state index in [2.05, 4.69) is 38.5 Å². The number of nitrogens with one attached hydrogen (secondary N) is 4. The van der Waals surface area contributed by atoms with Gasteiger partial charge in [-0.1, -0.05) is 13.8 Å². The molecular weight excluding hydrogens is 440 g/mol. The van der Waals surface area contributed by atoms with E-state index in [0.717, 1.165) is 0 Å². The van der Waals surface area contributed by atoms with Gasteiger partial charge in [0.2, 0.25) is 17.7 Å². The Hall–Kier alpha value is -2.64. The Morgan fingerprint density at radius 1 is 1.06 bits per heavy atom. The minimum absolute atomic E-state index is 0.00597. The van der Waals surface area contributed by atoms with E-state index in [9.17, 15) is 29.4 Å². The number of nitrogens with two attached hydrogens (primary N) is 1. The summed E-state index contributed by atoms with van der Waals surface area (Å²) >= 11 is 3.92. The SMILES string of the molecule is CC(C)CC(NC(=O)C(N)C(C)O)C(=O)NC(Cc1cnc[nH]1)C(=O)NC(CS)C(=O)O. The average molecular weight is 473 g/mol. The molecule has 0 aliphatic rings. The first-order chi connectivity index (χ1) is 15.0. The number of rotatable bonds is 13. The molecule has 0 aromatic carbocycles. The van der Waals surface area contributed by atoms with Crippen LogP contribution in [0.1, 0.15) is 32.9 Å². The minimum Gasteiger partial charge on any atom is -0.480 e. The van der Waals surface area contributed by atoms with Gasteiger partial charge in [0.15, 0.2) is 0 Å². The van der Waals surface area contributed by atoms with E-state index < -0.39 is 54.0 Å². The predicted octanol–water partition coefficient (Wildman–Crippen LogP) is -1.82. The summed E-state index contributed by atoms with van der Waals surface area (Å²) in [6, 6.07) is -4.65. The lowest BCUT2D eigenvalue weighted by Gasteiger charge is -2.26. The molecule has 0 radical (unpaired) electrons. The quantitative estimate of drug-likeness (QED) is 0.153. The van der Waals surface area contributed by atoms with Gasteiger partial charge in [-0.15, -0.1) is 0 Å². The van der Waals surface area contributed by atoms with Gasteiger partial charge in [0.25, 0.3) is 0 Å². The van der Waals surface area contributed by atoms with Crippen molar-refractivity contribution in [1.82, 2.24) is 25.9 Å². The number of carbonyl (C=O) groups is 4.